The van der Waals surface area contributed by atoms with Crippen molar-refractivity contribution >= 4 is 21.2 Å². The van der Waals surface area contributed by atoms with Gasteiger partial charge in [-0.3, -0.25) is 0 Å². The largest absolute Gasteiger partial charge is 0.497 e. The van der Waals surface area contributed by atoms with Crippen molar-refractivity contribution in [3.05, 3.63) is 54.2 Å². The van der Waals surface area contributed by atoms with Gasteiger partial charge in [-0.25, -0.2) is 13.4 Å². The zero-order valence-corrected chi connectivity index (χ0v) is 14.6. The highest BCUT2D eigenvalue weighted by atomic mass is 32.2. The van der Waals surface area contributed by atoms with Crippen LogP contribution in [-0.4, -0.2) is 39.9 Å². The number of hydrogen-bond donors (Lipinski definition) is 0. The molecule has 0 aliphatic carbocycles. The molecule has 5 nitrogen and oxygen atoms in total. The van der Waals surface area contributed by atoms with E-state index in [1.54, 1.807) is 25.4 Å². The predicted octanol–water partition coefficient (Wildman–Crippen LogP) is 2.79. The molecule has 3 rings (SSSR count). The van der Waals surface area contributed by atoms with E-state index in [-0.39, 0.29) is 4.90 Å². The van der Waals surface area contributed by atoms with Gasteiger partial charge in [0, 0.05) is 25.5 Å². The molecule has 0 amide bonds. The first kappa shape index (κ1) is 16.5. The standard InChI is InChI=1S/C18H20N2O3S/c1-23-16-6-3-5-15(13-16)14-8-11-20(12-9-14)18-17(24(2,21)22)7-4-10-19-18/h3-8,10,13H,9,11-12H2,1-2H3. The summed E-state index contributed by atoms with van der Waals surface area (Å²) in [7, 11) is -1.64. The summed E-state index contributed by atoms with van der Waals surface area (Å²) in [5.41, 5.74) is 2.38. The molecule has 0 N–H and O–H groups in total. The summed E-state index contributed by atoms with van der Waals surface area (Å²) in [6, 6.07) is 11.2. The minimum Gasteiger partial charge on any atom is -0.497 e. The number of pyridine rings is 1. The number of sulfone groups is 1. The second-order valence-corrected chi connectivity index (χ2v) is 7.74. The van der Waals surface area contributed by atoms with Crippen molar-refractivity contribution in [3.8, 4) is 5.75 Å². The van der Waals surface area contributed by atoms with Crippen LogP contribution in [0.5, 0.6) is 5.75 Å². The number of rotatable bonds is 4. The van der Waals surface area contributed by atoms with Gasteiger partial charge in [0.05, 0.1) is 7.11 Å². The summed E-state index contributed by atoms with van der Waals surface area (Å²) < 4.78 is 29.2. The summed E-state index contributed by atoms with van der Waals surface area (Å²) in [6.07, 6.45) is 5.80. The Hall–Kier alpha value is -2.34. The minimum atomic E-state index is -3.30. The third kappa shape index (κ3) is 3.43. The Morgan fingerprint density at radius 2 is 2.04 bits per heavy atom. The van der Waals surface area contributed by atoms with E-state index >= 15 is 0 Å². The van der Waals surface area contributed by atoms with E-state index in [4.69, 9.17) is 4.74 Å². The molecule has 0 bridgehead atoms. The second-order valence-electron chi connectivity index (χ2n) is 5.75. The van der Waals surface area contributed by atoms with Gasteiger partial charge in [0.2, 0.25) is 0 Å². The highest BCUT2D eigenvalue weighted by Gasteiger charge is 2.21. The van der Waals surface area contributed by atoms with E-state index in [1.165, 1.54) is 11.8 Å². The highest BCUT2D eigenvalue weighted by Crippen LogP contribution is 2.29. The molecular formula is C18H20N2O3S. The van der Waals surface area contributed by atoms with Gasteiger partial charge in [-0.05, 0) is 41.8 Å². The van der Waals surface area contributed by atoms with Crippen LogP contribution in [0, 0.1) is 0 Å². The zero-order chi connectivity index (χ0) is 17.2. The lowest BCUT2D eigenvalue weighted by Gasteiger charge is -2.28. The predicted molar refractivity (Wildman–Crippen MR) is 95.1 cm³/mol. The van der Waals surface area contributed by atoms with Crippen molar-refractivity contribution in [2.75, 3.05) is 31.4 Å². The molecule has 0 fully saturated rings. The molecule has 0 unspecified atom stereocenters. The molecule has 126 valence electrons. The Balaban J connectivity index is 1.86. The van der Waals surface area contributed by atoms with Crippen LogP contribution in [-0.2, 0) is 9.84 Å². The first-order valence-electron chi connectivity index (χ1n) is 7.72. The lowest BCUT2D eigenvalue weighted by molar-refractivity contribution is 0.414. The first-order chi connectivity index (χ1) is 11.5. The van der Waals surface area contributed by atoms with Gasteiger partial charge in [0.1, 0.15) is 16.5 Å². The Morgan fingerprint density at radius 3 is 2.71 bits per heavy atom. The Kier molecular flexibility index (Phi) is 4.57. The minimum absolute atomic E-state index is 0.281. The molecule has 0 radical (unpaired) electrons. The lowest BCUT2D eigenvalue weighted by Crippen LogP contribution is -2.30. The molecule has 2 heterocycles. The van der Waals surface area contributed by atoms with Crippen molar-refractivity contribution in [3.63, 3.8) is 0 Å². The molecule has 0 saturated heterocycles. The molecule has 1 aromatic heterocycles. The quantitative estimate of drug-likeness (QED) is 0.853. The smallest absolute Gasteiger partial charge is 0.179 e. The molecule has 1 aliphatic rings. The summed E-state index contributed by atoms with van der Waals surface area (Å²) >= 11 is 0. The van der Waals surface area contributed by atoms with Crippen molar-refractivity contribution < 1.29 is 13.2 Å². The molecule has 2 aromatic rings. The van der Waals surface area contributed by atoms with Crippen LogP contribution in [0.15, 0.2) is 53.6 Å². The van der Waals surface area contributed by atoms with Gasteiger partial charge >= 0.3 is 0 Å². The van der Waals surface area contributed by atoms with Gasteiger partial charge in [-0.15, -0.1) is 0 Å². The van der Waals surface area contributed by atoms with Gasteiger partial charge in [0.15, 0.2) is 9.84 Å². The molecule has 6 heteroatoms. The fourth-order valence-corrected chi connectivity index (χ4v) is 3.69. The Labute approximate surface area is 142 Å². The van der Waals surface area contributed by atoms with E-state index < -0.39 is 9.84 Å². The fraction of sp³-hybridized carbons (Fsp3) is 0.278. The SMILES string of the molecule is COc1cccc(C2=CCN(c3ncccc3S(C)(=O)=O)CC2)c1. The third-order valence-corrected chi connectivity index (χ3v) is 5.22. The first-order valence-corrected chi connectivity index (χ1v) is 9.61. The number of ether oxygens (including phenoxy) is 1. The summed E-state index contributed by atoms with van der Waals surface area (Å²) in [6.45, 7) is 1.36. The molecule has 1 aliphatic heterocycles. The van der Waals surface area contributed by atoms with E-state index in [0.717, 1.165) is 24.3 Å². The third-order valence-electron chi connectivity index (χ3n) is 4.10. The maximum absolute atomic E-state index is 12.0. The molecule has 1 aromatic carbocycles. The van der Waals surface area contributed by atoms with Crippen molar-refractivity contribution in [1.82, 2.24) is 4.98 Å². The number of anilines is 1. The summed E-state index contributed by atoms with van der Waals surface area (Å²) in [5.74, 6) is 1.36. The van der Waals surface area contributed by atoms with E-state index in [1.807, 2.05) is 23.1 Å². The lowest BCUT2D eigenvalue weighted by atomic mass is 9.99. The van der Waals surface area contributed by atoms with Gasteiger partial charge in [0.25, 0.3) is 0 Å². The van der Waals surface area contributed by atoms with Crippen LogP contribution < -0.4 is 9.64 Å². The molecule has 0 spiro atoms. The average molecular weight is 344 g/mol. The maximum Gasteiger partial charge on any atom is 0.179 e. The maximum atomic E-state index is 12.0. The Morgan fingerprint density at radius 1 is 1.21 bits per heavy atom. The van der Waals surface area contributed by atoms with Crippen molar-refractivity contribution in [1.29, 1.82) is 0 Å². The topological polar surface area (TPSA) is 59.5 Å². The van der Waals surface area contributed by atoms with Gasteiger partial charge < -0.3 is 9.64 Å². The second kappa shape index (κ2) is 6.65. The number of benzene rings is 1. The molecule has 0 atom stereocenters. The fourth-order valence-electron chi connectivity index (χ4n) is 2.86. The average Bonchev–Trinajstić information content (AvgIpc) is 2.61. The molecule has 24 heavy (non-hydrogen) atoms. The van der Waals surface area contributed by atoms with Crippen LogP contribution in [0.1, 0.15) is 12.0 Å². The van der Waals surface area contributed by atoms with E-state index in [9.17, 15) is 8.42 Å². The van der Waals surface area contributed by atoms with Crippen molar-refractivity contribution in [2.24, 2.45) is 0 Å². The van der Waals surface area contributed by atoms with E-state index in [0.29, 0.717) is 12.4 Å². The monoisotopic (exact) mass is 344 g/mol. The van der Waals surface area contributed by atoms with Gasteiger partial charge in [-0.1, -0.05) is 18.2 Å². The van der Waals surface area contributed by atoms with Crippen LogP contribution in [0.4, 0.5) is 5.82 Å². The number of hydrogen-bond acceptors (Lipinski definition) is 5. The summed E-state index contributed by atoms with van der Waals surface area (Å²) in [5, 5.41) is 0. The molecular weight excluding hydrogens is 324 g/mol. The zero-order valence-electron chi connectivity index (χ0n) is 13.8. The van der Waals surface area contributed by atoms with Crippen LogP contribution >= 0.6 is 0 Å². The number of nitrogens with zero attached hydrogens (tertiary/aromatic N) is 2. The van der Waals surface area contributed by atoms with Crippen molar-refractivity contribution in [2.45, 2.75) is 11.3 Å². The number of aromatic nitrogens is 1. The normalized spacial score (nSPS) is 15.1. The van der Waals surface area contributed by atoms with Gasteiger partial charge in [-0.2, -0.15) is 0 Å². The Bertz CT molecular complexity index is 875. The molecule has 0 saturated carbocycles. The summed E-state index contributed by atoms with van der Waals surface area (Å²) in [4.78, 5) is 6.57. The highest BCUT2D eigenvalue weighted by molar-refractivity contribution is 7.90. The van der Waals surface area contributed by atoms with E-state index in [2.05, 4.69) is 17.1 Å². The van der Waals surface area contributed by atoms with Crippen LogP contribution in [0.2, 0.25) is 0 Å². The number of methoxy groups -OCH3 is 1. The van der Waals surface area contributed by atoms with Crippen LogP contribution in [0.3, 0.4) is 0 Å². The van der Waals surface area contributed by atoms with Crippen LogP contribution in [0.25, 0.3) is 5.57 Å².